The van der Waals surface area contributed by atoms with Crippen LogP contribution in [0.5, 0.6) is 0 Å². The van der Waals surface area contributed by atoms with Crippen LogP contribution in [0.3, 0.4) is 0 Å². The molecule has 1 unspecified atom stereocenters. The zero-order chi connectivity index (χ0) is 19.3. The van der Waals surface area contributed by atoms with Gasteiger partial charge in [0.05, 0.1) is 11.6 Å². The Morgan fingerprint density at radius 3 is 2.64 bits per heavy atom. The van der Waals surface area contributed by atoms with Crippen LogP contribution in [0, 0.1) is 5.92 Å². The summed E-state index contributed by atoms with van der Waals surface area (Å²) in [5.41, 5.74) is 2.09. The van der Waals surface area contributed by atoms with Crippen molar-refractivity contribution in [2.75, 3.05) is 13.1 Å². The van der Waals surface area contributed by atoms with E-state index in [2.05, 4.69) is 20.5 Å². The molecule has 28 heavy (non-hydrogen) atoms. The molecule has 0 bridgehead atoms. The molecule has 4 rings (SSSR count). The van der Waals surface area contributed by atoms with Gasteiger partial charge in [0.1, 0.15) is 5.69 Å². The second kappa shape index (κ2) is 8.54. The minimum atomic E-state index is -0.123. The van der Waals surface area contributed by atoms with Crippen molar-refractivity contribution >= 4 is 11.8 Å². The number of amides is 2. The molecule has 2 aromatic heterocycles. The predicted molar refractivity (Wildman–Crippen MR) is 105 cm³/mol. The van der Waals surface area contributed by atoms with Gasteiger partial charge in [-0.15, -0.1) is 0 Å². The maximum absolute atomic E-state index is 12.9. The molecule has 1 aliphatic heterocycles. The number of aromatic amines is 1. The number of aromatic nitrogens is 3. The van der Waals surface area contributed by atoms with Crippen LogP contribution in [-0.4, -0.2) is 51.0 Å². The average molecular weight is 381 g/mol. The standard InChI is InChI=1S/C21H27N5O2/c27-20(23-17-6-2-1-3-7-17)16-5-4-12-26(14-16)21(28)19-13-18(24-25-19)15-8-10-22-11-9-15/h8-11,13,16-17H,1-7,12,14H2,(H,23,27)(H,24,25). The molecule has 0 spiro atoms. The van der Waals surface area contributed by atoms with Crippen LogP contribution in [0.25, 0.3) is 11.3 Å². The maximum atomic E-state index is 12.9. The third-order valence-electron chi connectivity index (χ3n) is 5.82. The van der Waals surface area contributed by atoms with Crippen LogP contribution < -0.4 is 5.32 Å². The molecule has 7 heteroatoms. The first kappa shape index (κ1) is 18.7. The number of pyridine rings is 1. The lowest BCUT2D eigenvalue weighted by molar-refractivity contribution is -0.127. The molecule has 1 saturated heterocycles. The topological polar surface area (TPSA) is 91.0 Å². The SMILES string of the molecule is O=C(NC1CCCCC1)C1CCCN(C(=O)c2cc(-c3ccncc3)n[nH]2)C1. The van der Waals surface area contributed by atoms with Crippen molar-refractivity contribution in [3.05, 3.63) is 36.3 Å². The van der Waals surface area contributed by atoms with Crippen molar-refractivity contribution in [1.29, 1.82) is 0 Å². The molecule has 3 heterocycles. The highest BCUT2D eigenvalue weighted by atomic mass is 16.2. The third kappa shape index (κ3) is 4.24. The lowest BCUT2D eigenvalue weighted by Crippen LogP contribution is -2.48. The number of hydrogen-bond acceptors (Lipinski definition) is 4. The van der Waals surface area contributed by atoms with E-state index in [-0.39, 0.29) is 17.7 Å². The van der Waals surface area contributed by atoms with Crippen LogP contribution in [0.2, 0.25) is 0 Å². The fourth-order valence-corrected chi connectivity index (χ4v) is 4.21. The summed E-state index contributed by atoms with van der Waals surface area (Å²) in [6, 6.07) is 5.79. The number of carbonyl (C=O) groups is 2. The van der Waals surface area contributed by atoms with Crippen LogP contribution in [0.4, 0.5) is 0 Å². The van der Waals surface area contributed by atoms with Crippen molar-refractivity contribution in [1.82, 2.24) is 25.4 Å². The Kier molecular flexibility index (Phi) is 5.69. The zero-order valence-corrected chi connectivity index (χ0v) is 16.1. The Hall–Kier alpha value is -2.70. The molecule has 2 aliphatic rings. The van der Waals surface area contributed by atoms with E-state index in [0.29, 0.717) is 30.5 Å². The van der Waals surface area contributed by atoms with Crippen LogP contribution in [-0.2, 0) is 4.79 Å². The Bertz CT molecular complexity index is 813. The van der Waals surface area contributed by atoms with E-state index in [4.69, 9.17) is 0 Å². The smallest absolute Gasteiger partial charge is 0.271 e. The Labute approximate surface area is 164 Å². The van der Waals surface area contributed by atoms with Gasteiger partial charge in [-0.1, -0.05) is 19.3 Å². The highest BCUT2D eigenvalue weighted by Gasteiger charge is 2.30. The second-order valence-electron chi connectivity index (χ2n) is 7.84. The van der Waals surface area contributed by atoms with Crippen LogP contribution >= 0.6 is 0 Å². The van der Waals surface area contributed by atoms with E-state index in [9.17, 15) is 9.59 Å². The number of rotatable bonds is 4. The number of hydrogen-bond donors (Lipinski definition) is 2. The molecule has 2 amide bonds. The summed E-state index contributed by atoms with van der Waals surface area (Å²) in [4.78, 5) is 31.4. The van der Waals surface area contributed by atoms with E-state index in [1.54, 1.807) is 23.4 Å². The summed E-state index contributed by atoms with van der Waals surface area (Å²) in [5.74, 6) is -0.114. The largest absolute Gasteiger partial charge is 0.353 e. The fraction of sp³-hybridized carbons (Fsp3) is 0.524. The highest BCUT2D eigenvalue weighted by Crippen LogP contribution is 2.23. The summed E-state index contributed by atoms with van der Waals surface area (Å²) < 4.78 is 0. The molecule has 0 aromatic carbocycles. The molecule has 1 atom stereocenters. The van der Waals surface area contributed by atoms with E-state index < -0.39 is 0 Å². The number of H-pyrrole nitrogens is 1. The summed E-state index contributed by atoms with van der Waals surface area (Å²) in [5, 5.41) is 10.3. The predicted octanol–water partition coefficient (Wildman–Crippen LogP) is 2.77. The average Bonchev–Trinajstić information content (AvgIpc) is 3.25. The summed E-state index contributed by atoms with van der Waals surface area (Å²) in [6.07, 6.45) is 10.9. The summed E-state index contributed by atoms with van der Waals surface area (Å²) in [6.45, 7) is 1.15. The lowest BCUT2D eigenvalue weighted by atomic mass is 9.93. The molecule has 2 N–H and O–H groups in total. The number of carbonyl (C=O) groups excluding carboxylic acids is 2. The first-order chi connectivity index (χ1) is 13.7. The number of nitrogens with zero attached hydrogens (tertiary/aromatic N) is 3. The second-order valence-corrected chi connectivity index (χ2v) is 7.84. The minimum absolute atomic E-state index is 0.0945. The molecule has 148 valence electrons. The molecule has 0 radical (unpaired) electrons. The van der Waals surface area contributed by atoms with E-state index >= 15 is 0 Å². The number of nitrogens with one attached hydrogen (secondary N) is 2. The van der Waals surface area contributed by atoms with Gasteiger partial charge in [0.25, 0.3) is 5.91 Å². The van der Waals surface area contributed by atoms with Crippen molar-refractivity contribution in [2.45, 2.75) is 51.0 Å². The van der Waals surface area contributed by atoms with Gasteiger partial charge in [0, 0.05) is 37.1 Å². The first-order valence-corrected chi connectivity index (χ1v) is 10.3. The van der Waals surface area contributed by atoms with E-state index in [1.807, 2.05) is 12.1 Å². The van der Waals surface area contributed by atoms with Crippen molar-refractivity contribution in [2.24, 2.45) is 5.92 Å². The monoisotopic (exact) mass is 381 g/mol. The quantitative estimate of drug-likeness (QED) is 0.852. The third-order valence-corrected chi connectivity index (χ3v) is 5.82. The fourth-order valence-electron chi connectivity index (χ4n) is 4.21. The lowest BCUT2D eigenvalue weighted by Gasteiger charge is -2.33. The molecular weight excluding hydrogens is 354 g/mol. The molecular formula is C21H27N5O2. The van der Waals surface area contributed by atoms with Gasteiger partial charge in [-0.05, 0) is 43.9 Å². The van der Waals surface area contributed by atoms with Gasteiger partial charge >= 0.3 is 0 Å². The van der Waals surface area contributed by atoms with Gasteiger partial charge in [0.15, 0.2) is 0 Å². The summed E-state index contributed by atoms with van der Waals surface area (Å²) in [7, 11) is 0. The highest BCUT2D eigenvalue weighted by molar-refractivity contribution is 5.94. The van der Waals surface area contributed by atoms with Gasteiger partial charge in [-0.2, -0.15) is 5.10 Å². The van der Waals surface area contributed by atoms with E-state index in [1.165, 1.54) is 19.3 Å². The van der Waals surface area contributed by atoms with E-state index in [0.717, 1.165) is 31.2 Å². The van der Waals surface area contributed by atoms with Gasteiger partial charge in [-0.3, -0.25) is 19.7 Å². The number of likely N-dealkylation sites (tertiary alicyclic amines) is 1. The molecule has 2 fully saturated rings. The molecule has 2 aromatic rings. The number of piperidine rings is 1. The first-order valence-electron chi connectivity index (χ1n) is 10.3. The van der Waals surface area contributed by atoms with Gasteiger partial charge in [0.2, 0.25) is 5.91 Å². The Balaban J connectivity index is 1.38. The van der Waals surface area contributed by atoms with Crippen LogP contribution in [0.1, 0.15) is 55.4 Å². The Morgan fingerprint density at radius 1 is 1.07 bits per heavy atom. The van der Waals surface area contributed by atoms with Crippen molar-refractivity contribution in [3.63, 3.8) is 0 Å². The van der Waals surface area contributed by atoms with Gasteiger partial charge in [-0.25, -0.2) is 0 Å². The molecule has 1 saturated carbocycles. The normalized spacial score (nSPS) is 20.7. The van der Waals surface area contributed by atoms with Crippen LogP contribution in [0.15, 0.2) is 30.6 Å². The zero-order valence-electron chi connectivity index (χ0n) is 16.1. The van der Waals surface area contributed by atoms with Gasteiger partial charge < -0.3 is 10.2 Å². The molecule has 1 aliphatic carbocycles. The minimum Gasteiger partial charge on any atom is -0.353 e. The van der Waals surface area contributed by atoms with Crippen molar-refractivity contribution in [3.8, 4) is 11.3 Å². The summed E-state index contributed by atoms with van der Waals surface area (Å²) >= 11 is 0. The molecule has 7 nitrogen and oxygen atoms in total. The Morgan fingerprint density at radius 2 is 1.86 bits per heavy atom. The van der Waals surface area contributed by atoms with Crippen molar-refractivity contribution < 1.29 is 9.59 Å². The maximum Gasteiger partial charge on any atom is 0.271 e.